The summed E-state index contributed by atoms with van der Waals surface area (Å²) < 4.78 is 12.3. The summed E-state index contributed by atoms with van der Waals surface area (Å²) in [5.41, 5.74) is 1.58. The summed E-state index contributed by atoms with van der Waals surface area (Å²) in [7, 11) is 0. The fraction of sp³-hybridized carbons (Fsp3) is 0.815. The maximum Gasteiger partial charge on any atom is 0.342 e. The van der Waals surface area contributed by atoms with E-state index in [9.17, 15) is 9.90 Å². The Morgan fingerprint density at radius 1 is 0.871 bits per heavy atom. The maximum absolute atomic E-state index is 12.8. The van der Waals surface area contributed by atoms with E-state index in [1.54, 1.807) is 0 Å². The Morgan fingerprint density at radius 2 is 1.48 bits per heavy atom. The molecular weight excluding hydrogens is 388 g/mol. The normalized spacial score (nSPS) is 45.5. The standard InChI is InChI=1S/C27H40O4/c1-15-16(2)30-23(29)17-14-20-26(6)11-8-18-24(3,4)21(28)10-12-25(18,5)19(26)9-13-27(20,7)31-22(15)17/h18-21,28H,8-14H2,1-7H3/t18-,19+,20-,21-,25-,26+,27-/m0/s1. The average Bonchev–Trinajstić information content (AvgIpc) is 2.68. The van der Waals surface area contributed by atoms with Gasteiger partial charge in [-0.15, -0.1) is 0 Å². The molecule has 3 saturated carbocycles. The third kappa shape index (κ3) is 2.66. The average molecular weight is 429 g/mol. The number of fused-ring (bicyclic) bond motifs is 6. The van der Waals surface area contributed by atoms with Crippen molar-refractivity contribution in [2.24, 2.45) is 34.0 Å². The molecule has 4 heteroatoms. The van der Waals surface area contributed by atoms with Crippen LogP contribution in [0.3, 0.4) is 0 Å². The Hall–Kier alpha value is -1.29. The number of aryl methyl sites for hydroxylation is 1. The molecule has 0 amide bonds. The van der Waals surface area contributed by atoms with Crippen molar-refractivity contribution in [2.45, 2.75) is 105 Å². The smallest absolute Gasteiger partial charge is 0.342 e. The van der Waals surface area contributed by atoms with Gasteiger partial charge in [0, 0.05) is 11.5 Å². The van der Waals surface area contributed by atoms with Crippen LogP contribution in [0.2, 0.25) is 0 Å². The number of aliphatic hydroxyl groups is 1. The van der Waals surface area contributed by atoms with E-state index in [-0.39, 0.29) is 33.6 Å². The van der Waals surface area contributed by atoms with E-state index in [0.717, 1.165) is 61.8 Å². The van der Waals surface area contributed by atoms with E-state index in [1.807, 2.05) is 13.8 Å². The molecule has 3 aliphatic carbocycles. The van der Waals surface area contributed by atoms with Crippen molar-refractivity contribution in [1.29, 1.82) is 0 Å². The van der Waals surface area contributed by atoms with E-state index in [2.05, 4.69) is 34.6 Å². The van der Waals surface area contributed by atoms with Crippen molar-refractivity contribution in [3.63, 3.8) is 0 Å². The Labute approximate surface area is 186 Å². The zero-order chi connectivity index (χ0) is 22.6. The molecule has 0 aromatic carbocycles. The third-order valence-corrected chi connectivity index (χ3v) is 10.9. The lowest BCUT2D eigenvalue weighted by molar-refractivity contribution is -0.223. The van der Waals surface area contributed by atoms with Crippen LogP contribution in [-0.2, 0) is 6.42 Å². The van der Waals surface area contributed by atoms with Crippen molar-refractivity contribution in [2.75, 3.05) is 0 Å². The molecule has 0 saturated heterocycles. The number of rotatable bonds is 0. The van der Waals surface area contributed by atoms with Gasteiger partial charge in [-0.25, -0.2) is 4.79 Å². The minimum absolute atomic E-state index is 0.0412. The summed E-state index contributed by atoms with van der Waals surface area (Å²) in [6.07, 6.45) is 7.04. The van der Waals surface area contributed by atoms with Gasteiger partial charge in [0.05, 0.1) is 11.7 Å². The largest absolute Gasteiger partial charge is 0.486 e. The molecule has 31 heavy (non-hydrogen) atoms. The monoisotopic (exact) mass is 428 g/mol. The van der Waals surface area contributed by atoms with Crippen molar-refractivity contribution < 1.29 is 14.3 Å². The van der Waals surface area contributed by atoms with Crippen LogP contribution in [0.25, 0.3) is 0 Å². The molecule has 1 aromatic heterocycles. The Balaban J connectivity index is 1.58. The molecule has 0 radical (unpaired) electrons. The van der Waals surface area contributed by atoms with Gasteiger partial charge in [-0.3, -0.25) is 0 Å². The Morgan fingerprint density at radius 3 is 2.19 bits per heavy atom. The molecule has 0 bridgehead atoms. The van der Waals surface area contributed by atoms with Gasteiger partial charge in [0.25, 0.3) is 0 Å². The lowest BCUT2D eigenvalue weighted by atomic mass is 9.37. The number of hydrogen-bond acceptors (Lipinski definition) is 4. The highest BCUT2D eigenvalue weighted by atomic mass is 16.5. The van der Waals surface area contributed by atoms with Crippen LogP contribution in [-0.4, -0.2) is 16.8 Å². The summed E-state index contributed by atoms with van der Waals surface area (Å²) in [4.78, 5) is 12.8. The van der Waals surface area contributed by atoms with Gasteiger partial charge < -0.3 is 14.3 Å². The molecule has 7 atom stereocenters. The predicted molar refractivity (Wildman–Crippen MR) is 121 cm³/mol. The van der Waals surface area contributed by atoms with Crippen LogP contribution in [0.4, 0.5) is 0 Å². The maximum atomic E-state index is 12.8. The fourth-order valence-electron chi connectivity index (χ4n) is 9.04. The minimum atomic E-state index is -0.240. The first-order valence-electron chi connectivity index (χ1n) is 12.3. The van der Waals surface area contributed by atoms with E-state index < -0.39 is 0 Å². The molecule has 1 aromatic rings. The molecule has 1 aliphatic heterocycles. The first-order valence-corrected chi connectivity index (χ1v) is 12.3. The summed E-state index contributed by atoms with van der Waals surface area (Å²) in [6.45, 7) is 15.7. The van der Waals surface area contributed by atoms with Crippen molar-refractivity contribution in [1.82, 2.24) is 0 Å². The second kappa shape index (κ2) is 6.40. The zero-order valence-electron chi connectivity index (χ0n) is 20.4. The van der Waals surface area contributed by atoms with Crippen LogP contribution in [0, 0.1) is 47.8 Å². The highest BCUT2D eigenvalue weighted by molar-refractivity contribution is 5.43. The van der Waals surface area contributed by atoms with Gasteiger partial charge in [0.1, 0.15) is 17.1 Å². The Bertz CT molecular complexity index is 976. The number of aliphatic hydroxyl groups excluding tert-OH is 1. The van der Waals surface area contributed by atoms with Gasteiger partial charge in [-0.05, 0) is 93.8 Å². The van der Waals surface area contributed by atoms with Gasteiger partial charge >= 0.3 is 5.63 Å². The van der Waals surface area contributed by atoms with Gasteiger partial charge in [-0.2, -0.15) is 0 Å². The Kier molecular flexibility index (Phi) is 4.45. The van der Waals surface area contributed by atoms with Crippen LogP contribution in [0.5, 0.6) is 5.75 Å². The molecule has 5 rings (SSSR count). The highest BCUT2D eigenvalue weighted by Crippen LogP contribution is 2.70. The molecule has 2 heterocycles. The lowest BCUT2D eigenvalue weighted by Crippen LogP contribution is -2.66. The molecule has 3 fully saturated rings. The van der Waals surface area contributed by atoms with Crippen molar-refractivity contribution >= 4 is 0 Å². The summed E-state index contributed by atoms with van der Waals surface area (Å²) in [5.74, 6) is 2.90. The van der Waals surface area contributed by atoms with Gasteiger partial charge in [-0.1, -0.05) is 27.7 Å². The number of hydrogen-bond donors (Lipinski definition) is 1. The van der Waals surface area contributed by atoms with Crippen LogP contribution < -0.4 is 10.4 Å². The molecule has 4 aliphatic rings. The van der Waals surface area contributed by atoms with Gasteiger partial charge in [0.2, 0.25) is 0 Å². The van der Waals surface area contributed by atoms with Crippen molar-refractivity contribution in [3.05, 3.63) is 27.3 Å². The summed E-state index contributed by atoms with van der Waals surface area (Å²) >= 11 is 0. The second-order valence-corrected chi connectivity index (χ2v) is 12.6. The van der Waals surface area contributed by atoms with E-state index in [0.29, 0.717) is 23.5 Å². The molecule has 0 unspecified atom stereocenters. The predicted octanol–water partition coefficient (Wildman–Crippen LogP) is 5.58. The van der Waals surface area contributed by atoms with E-state index in [4.69, 9.17) is 9.15 Å². The SMILES string of the molecule is Cc1oc(=O)c2c(c1C)O[C@@]1(C)CC[C@@H]3[C@@]4(C)CC[C@H](O)C(C)(C)[C@@H]4CC[C@@]3(C)[C@@H]1C2. The summed E-state index contributed by atoms with van der Waals surface area (Å²) in [5, 5.41) is 10.8. The molecule has 4 nitrogen and oxygen atoms in total. The summed E-state index contributed by atoms with van der Waals surface area (Å²) in [6, 6.07) is 0. The van der Waals surface area contributed by atoms with E-state index in [1.165, 1.54) is 0 Å². The third-order valence-electron chi connectivity index (χ3n) is 10.9. The highest BCUT2D eigenvalue weighted by Gasteiger charge is 2.66. The van der Waals surface area contributed by atoms with Crippen LogP contribution in [0.15, 0.2) is 9.21 Å². The molecular formula is C27H40O4. The molecule has 172 valence electrons. The van der Waals surface area contributed by atoms with Crippen LogP contribution >= 0.6 is 0 Å². The molecule has 1 N–H and O–H groups in total. The topological polar surface area (TPSA) is 59.7 Å². The lowest BCUT2D eigenvalue weighted by Gasteiger charge is -2.69. The quantitative estimate of drug-likeness (QED) is 0.586. The first kappa shape index (κ1) is 21.6. The fourth-order valence-corrected chi connectivity index (χ4v) is 9.04. The number of ether oxygens (including phenoxy) is 1. The van der Waals surface area contributed by atoms with Gasteiger partial charge in [0.15, 0.2) is 0 Å². The first-order chi connectivity index (χ1) is 14.3. The second-order valence-electron chi connectivity index (χ2n) is 12.6. The van der Waals surface area contributed by atoms with Crippen molar-refractivity contribution in [3.8, 4) is 5.75 Å². The van der Waals surface area contributed by atoms with E-state index >= 15 is 0 Å². The molecule has 0 spiro atoms. The van der Waals surface area contributed by atoms with Crippen LogP contribution in [0.1, 0.15) is 90.0 Å². The minimum Gasteiger partial charge on any atom is -0.486 e. The zero-order valence-corrected chi connectivity index (χ0v) is 20.4.